The first-order valence-electron chi connectivity index (χ1n) is 13.1. The number of hydrogen-bond donors (Lipinski definition) is 3. The third-order valence-electron chi connectivity index (χ3n) is 7.96. The topological polar surface area (TPSA) is 103 Å². The SMILES string of the molecule is CN[C@@H](C)C(=O)N[C@H]1CN([C@@H](C)C(F)(F)F)CC[C@H]2CC[C@@H](C(=O)N[C@@H]3CCOc4ccccc43)N2C1=O. The van der Waals surface area contributed by atoms with E-state index in [4.69, 9.17) is 4.74 Å². The highest BCUT2D eigenvalue weighted by atomic mass is 19.4. The molecular formula is C26H36F3N5O4. The number of ether oxygens (including phenoxy) is 1. The molecule has 0 bridgehead atoms. The lowest BCUT2D eigenvalue weighted by atomic mass is 10.00. The van der Waals surface area contributed by atoms with Crippen LogP contribution < -0.4 is 20.7 Å². The van der Waals surface area contributed by atoms with Crippen molar-refractivity contribution in [2.75, 3.05) is 26.7 Å². The minimum Gasteiger partial charge on any atom is -0.493 e. The van der Waals surface area contributed by atoms with E-state index < -0.39 is 48.2 Å². The summed E-state index contributed by atoms with van der Waals surface area (Å²) in [7, 11) is 1.58. The molecule has 3 heterocycles. The molecule has 12 heteroatoms. The molecule has 0 aromatic heterocycles. The van der Waals surface area contributed by atoms with Gasteiger partial charge in [0.05, 0.1) is 18.7 Å². The molecule has 2 saturated heterocycles. The van der Waals surface area contributed by atoms with Crippen molar-refractivity contribution in [3.63, 3.8) is 0 Å². The number of amides is 3. The van der Waals surface area contributed by atoms with Crippen molar-refractivity contribution < 1.29 is 32.3 Å². The van der Waals surface area contributed by atoms with Crippen molar-refractivity contribution in [2.45, 2.75) is 82.0 Å². The second-order valence-corrected chi connectivity index (χ2v) is 10.3. The Morgan fingerprint density at radius 3 is 2.50 bits per heavy atom. The van der Waals surface area contributed by atoms with Crippen LogP contribution in [0.5, 0.6) is 5.75 Å². The molecular weight excluding hydrogens is 503 g/mol. The first-order chi connectivity index (χ1) is 18.0. The van der Waals surface area contributed by atoms with Gasteiger partial charge in [-0.25, -0.2) is 0 Å². The number of benzene rings is 1. The van der Waals surface area contributed by atoms with Crippen LogP contribution in [0.3, 0.4) is 0 Å². The van der Waals surface area contributed by atoms with Crippen LogP contribution in [0.2, 0.25) is 0 Å². The van der Waals surface area contributed by atoms with Gasteiger partial charge in [0.1, 0.15) is 23.9 Å². The number of nitrogens with one attached hydrogen (secondary N) is 3. The summed E-state index contributed by atoms with van der Waals surface area (Å²) in [5, 5.41) is 8.48. The number of alkyl halides is 3. The molecule has 210 valence electrons. The van der Waals surface area contributed by atoms with Crippen molar-refractivity contribution in [3.8, 4) is 5.75 Å². The minimum absolute atomic E-state index is 0.0880. The fourth-order valence-electron chi connectivity index (χ4n) is 5.51. The first-order valence-corrected chi connectivity index (χ1v) is 13.1. The average molecular weight is 540 g/mol. The van der Waals surface area contributed by atoms with Gasteiger partial charge in [-0.1, -0.05) is 18.2 Å². The fourth-order valence-corrected chi connectivity index (χ4v) is 5.51. The second-order valence-electron chi connectivity index (χ2n) is 10.3. The molecule has 3 aliphatic rings. The molecule has 0 radical (unpaired) electrons. The summed E-state index contributed by atoms with van der Waals surface area (Å²) >= 11 is 0. The molecule has 0 unspecified atom stereocenters. The maximum atomic E-state index is 13.8. The van der Waals surface area contributed by atoms with Crippen molar-refractivity contribution in [3.05, 3.63) is 29.8 Å². The lowest BCUT2D eigenvalue weighted by molar-refractivity contribution is -0.182. The zero-order valence-electron chi connectivity index (χ0n) is 21.9. The van der Waals surface area contributed by atoms with E-state index in [1.165, 1.54) is 9.80 Å². The Balaban J connectivity index is 1.56. The first kappa shape index (κ1) is 28.2. The number of para-hydroxylation sites is 1. The third-order valence-corrected chi connectivity index (χ3v) is 7.96. The Labute approximate surface area is 220 Å². The van der Waals surface area contributed by atoms with Crippen LogP contribution in [0, 0.1) is 0 Å². The van der Waals surface area contributed by atoms with Gasteiger partial charge in [0.25, 0.3) is 0 Å². The van der Waals surface area contributed by atoms with Crippen molar-refractivity contribution in [2.24, 2.45) is 0 Å². The largest absolute Gasteiger partial charge is 0.493 e. The lowest BCUT2D eigenvalue weighted by Crippen LogP contribution is -2.63. The molecule has 3 amide bonds. The van der Waals surface area contributed by atoms with Gasteiger partial charge >= 0.3 is 6.18 Å². The maximum Gasteiger partial charge on any atom is 0.403 e. The molecule has 1 aromatic carbocycles. The minimum atomic E-state index is -4.48. The highest BCUT2D eigenvalue weighted by molar-refractivity contribution is 5.94. The molecule has 0 spiro atoms. The maximum absolute atomic E-state index is 13.8. The summed E-state index contributed by atoms with van der Waals surface area (Å²) in [6, 6.07) is 2.37. The van der Waals surface area contributed by atoms with E-state index in [-0.39, 0.29) is 25.0 Å². The Hall–Kier alpha value is -2.86. The van der Waals surface area contributed by atoms with E-state index in [0.29, 0.717) is 38.0 Å². The molecule has 38 heavy (non-hydrogen) atoms. The summed E-state index contributed by atoms with van der Waals surface area (Å²) < 4.78 is 46.5. The van der Waals surface area contributed by atoms with Gasteiger partial charge in [0.2, 0.25) is 17.7 Å². The van der Waals surface area contributed by atoms with Crippen molar-refractivity contribution in [1.82, 2.24) is 25.8 Å². The zero-order valence-corrected chi connectivity index (χ0v) is 21.9. The van der Waals surface area contributed by atoms with Crippen LogP contribution in [0.4, 0.5) is 13.2 Å². The molecule has 1 aromatic rings. The van der Waals surface area contributed by atoms with Gasteiger partial charge in [-0.3, -0.25) is 19.3 Å². The van der Waals surface area contributed by atoms with E-state index in [2.05, 4.69) is 16.0 Å². The van der Waals surface area contributed by atoms with Gasteiger partial charge < -0.3 is 25.6 Å². The predicted molar refractivity (Wildman–Crippen MR) is 133 cm³/mol. The van der Waals surface area contributed by atoms with Gasteiger partial charge in [0.15, 0.2) is 0 Å². The number of rotatable bonds is 6. The number of halogens is 3. The molecule has 2 fully saturated rings. The van der Waals surface area contributed by atoms with Gasteiger partial charge in [-0.2, -0.15) is 13.2 Å². The lowest BCUT2D eigenvalue weighted by Gasteiger charge is -2.41. The van der Waals surface area contributed by atoms with Gasteiger partial charge in [-0.05, 0) is 46.2 Å². The molecule has 6 atom stereocenters. The number of fused-ring (bicyclic) bond motifs is 2. The van der Waals surface area contributed by atoms with Gasteiger partial charge in [0, 0.05) is 31.1 Å². The molecule has 3 aliphatic heterocycles. The molecule has 0 saturated carbocycles. The Bertz CT molecular complexity index is 1040. The zero-order chi connectivity index (χ0) is 27.6. The standard InChI is InChI=1S/C26H36F3N5O4/c1-15(30-3)23(35)32-20-14-33(16(2)26(27,28)29)12-10-17-8-9-21(34(17)25(20)37)24(36)31-19-11-13-38-22-7-5-4-6-18(19)22/h4-7,15-17,19-21,30H,8-14H2,1-3H3,(H,31,36)(H,32,35)/t15-,16-,17+,19+,20-,21-/m0/s1. The number of likely N-dealkylation sites (N-methyl/N-ethyl adjacent to an activating group) is 1. The van der Waals surface area contributed by atoms with E-state index in [9.17, 15) is 27.6 Å². The highest BCUT2D eigenvalue weighted by Gasteiger charge is 2.48. The second kappa shape index (κ2) is 11.5. The Morgan fingerprint density at radius 2 is 1.79 bits per heavy atom. The molecule has 4 rings (SSSR count). The van der Waals surface area contributed by atoms with Crippen LogP contribution in [-0.4, -0.2) is 90.7 Å². The number of hydrogen-bond acceptors (Lipinski definition) is 6. The van der Waals surface area contributed by atoms with Crippen molar-refractivity contribution >= 4 is 17.7 Å². The molecule has 9 nitrogen and oxygen atoms in total. The number of carbonyl (C=O) groups excluding carboxylic acids is 3. The monoisotopic (exact) mass is 539 g/mol. The summed E-state index contributed by atoms with van der Waals surface area (Å²) in [4.78, 5) is 42.7. The average Bonchev–Trinajstić information content (AvgIpc) is 3.31. The Morgan fingerprint density at radius 1 is 1.05 bits per heavy atom. The van der Waals surface area contributed by atoms with Crippen molar-refractivity contribution in [1.29, 1.82) is 0 Å². The van der Waals surface area contributed by atoms with Crippen LogP contribution in [-0.2, 0) is 14.4 Å². The van der Waals surface area contributed by atoms with Crippen LogP contribution in [0.1, 0.15) is 51.1 Å². The summed E-state index contributed by atoms with van der Waals surface area (Å²) in [6.07, 6.45) is -2.69. The smallest absolute Gasteiger partial charge is 0.403 e. The van der Waals surface area contributed by atoms with Crippen LogP contribution >= 0.6 is 0 Å². The predicted octanol–water partition coefficient (Wildman–Crippen LogP) is 1.74. The molecule has 0 aliphatic carbocycles. The number of nitrogens with zero attached hydrogens (tertiary/aromatic N) is 2. The summed E-state index contributed by atoms with van der Waals surface area (Å²) in [6.45, 7) is 2.90. The fraction of sp³-hybridized carbons (Fsp3) is 0.654. The van der Waals surface area contributed by atoms with E-state index >= 15 is 0 Å². The van der Waals surface area contributed by atoms with E-state index in [0.717, 1.165) is 12.5 Å². The van der Waals surface area contributed by atoms with E-state index in [1.807, 2.05) is 24.3 Å². The number of carbonyl (C=O) groups is 3. The van der Waals surface area contributed by atoms with Gasteiger partial charge in [-0.15, -0.1) is 0 Å². The summed E-state index contributed by atoms with van der Waals surface area (Å²) in [5.74, 6) is -0.634. The highest BCUT2D eigenvalue weighted by Crippen LogP contribution is 2.34. The Kier molecular flexibility index (Phi) is 8.51. The van der Waals surface area contributed by atoms with Crippen LogP contribution in [0.15, 0.2) is 24.3 Å². The molecule has 3 N–H and O–H groups in total. The summed E-state index contributed by atoms with van der Waals surface area (Å²) in [5.41, 5.74) is 0.864. The van der Waals surface area contributed by atoms with Crippen LogP contribution in [0.25, 0.3) is 0 Å². The quantitative estimate of drug-likeness (QED) is 0.509. The normalized spacial score (nSPS) is 27.7. The van der Waals surface area contributed by atoms with E-state index in [1.54, 1.807) is 14.0 Å². The third kappa shape index (κ3) is 5.90.